The van der Waals surface area contributed by atoms with Gasteiger partial charge in [0.25, 0.3) is 0 Å². The number of allylic oxidation sites excluding steroid dienone is 3. The standard InChI is InChI=1S/C11H16O/c1-5-7-9(8-6-2)10-11(3,4)12-10/h5-8,10H,1H2,2-4H3/b8-6-,9-7+. The van der Waals surface area contributed by atoms with E-state index in [1.807, 2.05) is 19.1 Å². The fourth-order valence-electron chi connectivity index (χ4n) is 1.30. The second kappa shape index (κ2) is 3.28. The van der Waals surface area contributed by atoms with Crippen LogP contribution in [0.4, 0.5) is 0 Å². The van der Waals surface area contributed by atoms with Crippen LogP contribution in [-0.4, -0.2) is 11.7 Å². The van der Waals surface area contributed by atoms with Gasteiger partial charge in [-0.2, -0.15) is 0 Å². The summed E-state index contributed by atoms with van der Waals surface area (Å²) in [5.41, 5.74) is 1.23. The Bertz CT molecular complexity index is 233. The van der Waals surface area contributed by atoms with Gasteiger partial charge in [0.2, 0.25) is 0 Å². The van der Waals surface area contributed by atoms with Crippen LogP contribution in [0.15, 0.2) is 36.5 Å². The van der Waals surface area contributed by atoms with E-state index in [1.54, 1.807) is 6.08 Å². The zero-order chi connectivity index (χ0) is 9.19. The summed E-state index contributed by atoms with van der Waals surface area (Å²) in [6.07, 6.45) is 8.15. The number of hydrogen-bond donors (Lipinski definition) is 0. The normalized spacial score (nSPS) is 27.6. The lowest BCUT2D eigenvalue weighted by molar-refractivity contribution is 0.332. The van der Waals surface area contributed by atoms with E-state index in [-0.39, 0.29) is 11.7 Å². The smallest absolute Gasteiger partial charge is 0.112 e. The Hall–Kier alpha value is -0.820. The summed E-state index contributed by atoms with van der Waals surface area (Å²) in [5.74, 6) is 0. The molecule has 1 saturated heterocycles. The summed E-state index contributed by atoms with van der Waals surface area (Å²) in [4.78, 5) is 0. The lowest BCUT2D eigenvalue weighted by Gasteiger charge is -1.96. The SMILES string of the molecule is C=C/C=C(\C=C/C)C1OC1(C)C. The van der Waals surface area contributed by atoms with Crippen molar-refractivity contribution in [3.8, 4) is 0 Å². The molecule has 1 rings (SSSR count). The van der Waals surface area contributed by atoms with Crippen LogP contribution in [0.1, 0.15) is 20.8 Å². The van der Waals surface area contributed by atoms with Gasteiger partial charge in [-0.25, -0.2) is 0 Å². The van der Waals surface area contributed by atoms with Crippen molar-refractivity contribution in [1.29, 1.82) is 0 Å². The van der Waals surface area contributed by atoms with Gasteiger partial charge in [-0.15, -0.1) is 0 Å². The third-order valence-electron chi connectivity index (χ3n) is 1.97. The third-order valence-corrected chi connectivity index (χ3v) is 1.97. The molecule has 1 aliphatic heterocycles. The predicted octanol–water partition coefficient (Wildman–Crippen LogP) is 2.85. The highest BCUT2D eigenvalue weighted by atomic mass is 16.6. The summed E-state index contributed by atoms with van der Waals surface area (Å²) >= 11 is 0. The van der Waals surface area contributed by atoms with E-state index in [4.69, 9.17) is 4.74 Å². The van der Waals surface area contributed by atoms with Crippen LogP contribution in [0, 0.1) is 0 Å². The van der Waals surface area contributed by atoms with E-state index in [0.717, 1.165) is 0 Å². The summed E-state index contributed by atoms with van der Waals surface area (Å²) in [7, 11) is 0. The monoisotopic (exact) mass is 164 g/mol. The van der Waals surface area contributed by atoms with Gasteiger partial charge in [0.05, 0.1) is 5.60 Å². The van der Waals surface area contributed by atoms with Crippen LogP contribution in [0.3, 0.4) is 0 Å². The van der Waals surface area contributed by atoms with Gasteiger partial charge >= 0.3 is 0 Å². The lowest BCUT2D eigenvalue weighted by Crippen LogP contribution is -2.04. The van der Waals surface area contributed by atoms with Gasteiger partial charge in [-0.3, -0.25) is 0 Å². The number of hydrogen-bond acceptors (Lipinski definition) is 1. The number of epoxide rings is 1. The average Bonchev–Trinajstić information content (AvgIpc) is 2.60. The fourth-order valence-corrected chi connectivity index (χ4v) is 1.30. The molecule has 0 amide bonds. The van der Waals surface area contributed by atoms with Crippen LogP contribution in [0.25, 0.3) is 0 Å². The molecule has 0 saturated carbocycles. The molecule has 1 atom stereocenters. The predicted molar refractivity (Wildman–Crippen MR) is 52.0 cm³/mol. The van der Waals surface area contributed by atoms with Crippen molar-refractivity contribution < 1.29 is 4.74 Å². The highest BCUT2D eigenvalue weighted by molar-refractivity contribution is 5.33. The topological polar surface area (TPSA) is 12.5 Å². The largest absolute Gasteiger partial charge is 0.362 e. The Morgan fingerprint density at radius 3 is 2.42 bits per heavy atom. The molecule has 0 radical (unpaired) electrons. The molecule has 0 aromatic rings. The molecule has 12 heavy (non-hydrogen) atoms. The van der Waals surface area contributed by atoms with Crippen LogP contribution < -0.4 is 0 Å². The molecule has 1 heterocycles. The first kappa shape index (κ1) is 9.27. The van der Waals surface area contributed by atoms with E-state index in [2.05, 4.69) is 26.5 Å². The van der Waals surface area contributed by atoms with Crippen LogP contribution in [0.2, 0.25) is 0 Å². The van der Waals surface area contributed by atoms with Gasteiger partial charge in [-0.1, -0.05) is 30.9 Å². The van der Waals surface area contributed by atoms with Crippen molar-refractivity contribution >= 4 is 0 Å². The summed E-state index contributed by atoms with van der Waals surface area (Å²) in [6.45, 7) is 9.87. The molecule has 1 aliphatic rings. The molecule has 66 valence electrons. The van der Waals surface area contributed by atoms with Gasteiger partial charge in [-0.05, 0) is 26.3 Å². The minimum absolute atomic E-state index is 0.0222. The van der Waals surface area contributed by atoms with E-state index in [1.165, 1.54) is 5.57 Å². The minimum Gasteiger partial charge on any atom is -0.362 e. The van der Waals surface area contributed by atoms with Gasteiger partial charge in [0.1, 0.15) is 6.10 Å². The van der Waals surface area contributed by atoms with Gasteiger partial charge < -0.3 is 4.74 Å². The summed E-state index contributed by atoms with van der Waals surface area (Å²) in [6, 6.07) is 0. The second-order valence-corrected chi connectivity index (χ2v) is 3.50. The zero-order valence-corrected chi connectivity index (χ0v) is 8.00. The van der Waals surface area contributed by atoms with E-state index in [9.17, 15) is 0 Å². The highest BCUT2D eigenvalue weighted by Gasteiger charge is 2.49. The quantitative estimate of drug-likeness (QED) is 0.461. The van der Waals surface area contributed by atoms with Crippen LogP contribution in [0.5, 0.6) is 0 Å². The molecule has 1 unspecified atom stereocenters. The molecular weight excluding hydrogens is 148 g/mol. The average molecular weight is 164 g/mol. The molecule has 1 heteroatoms. The molecule has 1 fully saturated rings. The summed E-state index contributed by atoms with van der Waals surface area (Å²) in [5, 5.41) is 0. The Morgan fingerprint density at radius 2 is 2.08 bits per heavy atom. The first-order valence-corrected chi connectivity index (χ1v) is 4.25. The first-order chi connectivity index (χ1) is 5.61. The maximum Gasteiger partial charge on any atom is 0.112 e. The lowest BCUT2D eigenvalue weighted by atomic mass is 10.0. The second-order valence-electron chi connectivity index (χ2n) is 3.50. The Balaban J connectivity index is 2.70. The van der Waals surface area contributed by atoms with Crippen molar-refractivity contribution in [3.63, 3.8) is 0 Å². The van der Waals surface area contributed by atoms with Crippen molar-refractivity contribution in [2.75, 3.05) is 0 Å². The molecule has 0 spiro atoms. The van der Waals surface area contributed by atoms with E-state index in [0.29, 0.717) is 0 Å². The number of ether oxygens (including phenoxy) is 1. The molecule has 0 bridgehead atoms. The highest BCUT2D eigenvalue weighted by Crippen LogP contribution is 2.40. The van der Waals surface area contributed by atoms with Crippen LogP contribution >= 0.6 is 0 Å². The molecule has 0 aliphatic carbocycles. The fraction of sp³-hybridized carbons (Fsp3) is 0.455. The maximum absolute atomic E-state index is 5.50. The van der Waals surface area contributed by atoms with Crippen molar-refractivity contribution in [2.24, 2.45) is 0 Å². The Morgan fingerprint density at radius 1 is 1.50 bits per heavy atom. The molecule has 1 nitrogen and oxygen atoms in total. The zero-order valence-electron chi connectivity index (χ0n) is 8.00. The number of rotatable bonds is 3. The molecule has 0 aromatic carbocycles. The van der Waals surface area contributed by atoms with Crippen molar-refractivity contribution in [1.82, 2.24) is 0 Å². The van der Waals surface area contributed by atoms with Gasteiger partial charge in [0.15, 0.2) is 0 Å². The van der Waals surface area contributed by atoms with Gasteiger partial charge in [0, 0.05) is 0 Å². The summed E-state index contributed by atoms with van der Waals surface area (Å²) < 4.78 is 5.50. The minimum atomic E-state index is 0.0222. The van der Waals surface area contributed by atoms with Crippen LogP contribution in [-0.2, 0) is 4.74 Å². The maximum atomic E-state index is 5.50. The van der Waals surface area contributed by atoms with E-state index < -0.39 is 0 Å². The third kappa shape index (κ3) is 1.86. The van der Waals surface area contributed by atoms with Crippen molar-refractivity contribution in [3.05, 3.63) is 36.5 Å². The first-order valence-electron chi connectivity index (χ1n) is 4.25. The molecule has 0 N–H and O–H groups in total. The Kier molecular flexibility index (Phi) is 2.53. The molecule has 0 aromatic heterocycles. The molecular formula is C11H16O. The van der Waals surface area contributed by atoms with E-state index >= 15 is 0 Å². The van der Waals surface area contributed by atoms with Crippen molar-refractivity contribution in [2.45, 2.75) is 32.5 Å². The Labute approximate surface area is 74.4 Å².